The Kier molecular flexibility index (Phi) is 2.37. The molecule has 1 nitrogen and oxygen atoms in total. The first-order valence-corrected chi connectivity index (χ1v) is 6.55. The summed E-state index contributed by atoms with van der Waals surface area (Å²) in [5.74, 6) is 0.915. The molecule has 2 atom stereocenters. The van der Waals surface area contributed by atoms with Gasteiger partial charge in [-0.2, -0.15) is 0 Å². The third kappa shape index (κ3) is 1.64. The molecule has 1 N–H and O–H groups in total. The predicted molar refractivity (Wildman–Crippen MR) is 66.0 cm³/mol. The summed E-state index contributed by atoms with van der Waals surface area (Å²) in [6.07, 6.45) is 4.15. The van der Waals surface area contributed by atoms with E-state index in [-0.39, 0.29) is 0 Å². The highest BCUT2D eigenvalue weighted by Gasteiger charge is 2.42. The summed E-state index contributed by atoms with van der Waals surface area (Å²) in [6, 6.07) is 8.87. The number of piperidine rings is 1. The van der Waals surface area contributed by atoms with E-state index in [2.05, 4.69) is 45.5 Å². The van der Waals surface area contributed by atoms with Gasteiger partial charge < -0.3 is 5.32 Å². The lowest BCUT2D eigenvalue weighted by Crippen LogP contribution is -2.42. The summed E-state index contributed by atoms with van der Waals surface area (Å²) in [4.78, 5) is 0. The normalized spacial score (nSPS) is 34.3. The molecule has 1 aromatic carbocycles. The highest BCUT2D eigenvalue weighted by Crippen LogP contribution is 2.46. The number of hydrogen-bond donors (Lipinski definition) is 1. The molecule has 2 aliphatic rings. The molecule has 80 valence electrons. The Bertz CT molecular complexity index is 373. The van der Waals surface area contributed by atoms with Crippen molar-refractivity contribution in [2.24, 2.45) is 5.92 Å². The Balaban J connectivity index is 1.98. The number of halogens is 1. The zero-order chi connectivity index (χ0) is 10.3. The minimum Gasteiger partial charge on any atom is -0.316 e. The molecule has 0 unspecified atom stereocenters. The third-order valence-corrected chi connectivity index (χ3v) is 4.54. The molecule has 2 heteroatoms. The van der Waals surface area contributed by atoms with Crippen LogP contribution >= 0.6 is 15.9 Å². The van der Waals surface area contributed by atoms with Gasteiger partial charge in [-0.15, -0.1) is 0 Å². The quantitative estimate of drug-likeness (QED) is 0.823. The lowest BCUT2D eigenvalue weighted by atomic mass is 9.76. The Morgan fingerprint density at radius 1 is 1.40 bits per heavy atom. The van der Waals surface area contributed by atoms with Gasteiger partial charge >= 0.3 is 0 Å². The van der Waals surface area contributed by atoms with E-state index in [0.29, 0.717) is 5.41 Å². The van der Waals surface area contributed by atoms with E-state index in [1.165, 1.54) is 42.4 Å². The fourth-order valence-corrected chi connectivity index (χ4v) is 3.67. The first kappa shape index (κ1) is 9.86. The minimum absolute atomic E-state index is 0.437. The lowest BCUT2D eigenvalue weighted by Gasteiger charge is -2.34. The molecule has 1 aliphatic carbocycles. The summed E-state index contributed by atoms with van der Waals surface area (Å²) in [7, 11) is 0. The number of fused-ring (bicyclic) bond motifs is 2. The average Bonchev–Trinajstić information content (AvgIpc) is 2.56. The van der Waals surface area contributed by atoms with Crippen molar-refractivity contribution in [3.05, 3.63) is 34.3 Å². The Morgan fingerprint density at radius 3 is 3.20 bits per heavy atom. The van der Waals surface area contributed by atoms with Crippen LogP contribution in [0.1, 0.15) is 24.8 Å². The van der Waals surface area contributed by atoms with E-state index in [1.54, 1.807) is 0 Å². The molecule has 1 aromatic rings. The van der Waals surface area contributed by atoms with Crippen LogP contribution in [-0.4, -0.2) is 13.1 Å². The van der Waals surface area contributed by atoms with Crippen molar-refractivity contribution in [2.45, 2.75) is 24.7 Å². The van der Waals surface area contributed by atoms with Gasteiger partial charge in [0.25, 0.3) is 0 Å². The fourth-order valence-electron chi connectivity index (χ4n) is 3.27. The molecule has 0 aromatic heterocycles. The molecule has 0 amide bonds. The van der Waals surface area contributed by atoms with E-state index < -0.39 is 0 Å². The van der Waals surface area contributed by atoms with Gasteiger partial charge in [-0.05, 0) is 49.4 Å². The highest BCUT2D eigenvalue weighted by atomic mass is 79.9. The third-order valence-electron chi connectivity index (χ3n) is 4.04. The maximum atomic E-state index is 3.59. The standard InChI is InChI=1S/C13H16BrN/c14-12-3-1-2-11(6-12)13-5-4-10(7-13)8-15-9-13/h1-3,6,10,15H,4-5,7-9H2/t10-,13-/m1/s1. The molecular weight excluding hydrogens is 250 g/mol. The van der Waals surface area contributed by atoms with Crippen LogP contribution in [0, 0.1) is 5.92 Å². The van der Waals surface area contributed by atoms with Crippen LogP contribution in [0.15, 0.2) is 28.7 Å². The van der Waals surface area contributed by atoms with Crippen molar-refractivity contribution < 1.29 is 0 Å². The van der Waals surface area contributed by atoms with Gasteiger partial charge in [0.15, 0.2) is 0 Å². The number of hydrogen-bond acceptors (Lipinski definition) is 1. The van der Waals surface area contributed by atoms with Gasteiger partial charge in [0, 0.05) is 16.4 Å². The molecule has 2 bridgehead atoms. The molecule has 2 fully saturated rings. The smallest absolute Gasteiger partial charge is 0.0178 e. The fraction of sp³-hybridized carbons (Fsp3) is 0.538. The second kappa shape index (κ2) is 3.60. The van der Waals surface area contributed by atoms with Crippen LogP contribution in [0.25, 0.3) is 0 Å². The number of benzene rings is 1. The van der Waals surface area contributed by atoms with Crippen molar-refractivity contribution in [2.75, 3.05) is 13.1 Å². The molecule has 0 radical (unpaired) electrons. The van der Waals surface area contributed by atoms with Gasteiger partial charge in [-0.1, -0.05) is 28.1 Å². The predicted octanol–water partition coefficient (Wildman–Crippen LogP) is 3.09. The van der Waals surface area contributed by atoms with E-state index in [1.807, 2.05) is 0 Å². The van der Waals surface area contributed by atoms with Crippen LogP contribution in [0.3, 0.4) is 0 Å². The Morgan fingerprint density at radius 2 is 2.33 bits per heavy atom. The van der Waals surface area contributed by atoms with Crippen molar-refractivity contribution >= 4 is 15.9 Å². The molecule has 0 spiro atoms. The summed E-state index contributed by atoms with van der Waals surface area (Å²) < 4.78 is 1.21. The van der Waals surface area contributed by atoms with E-state index >= 15 is 0 Å². The van der Waals surface area contributed by atoms with Gasteiger partial charge in [0.2, 0.25) is 0 Å². The largest absolute Gasteiger partial charge is 0.316 e. The molecule has 1 heterocycles. The second-order valence-electron chi connectivity index (χ2n) is 5.03. The topological polar surface area (TPSA) is 12.0 Å². The van der Waals surface area contributed by atoms with Crippen LogP contribution in [0.5, 0.6) is 0 Å². The van der Waals surface area contributed by atoms with Crippen LogP contribution in [0.2, 0.25) is 0 Å². The second-order valence-corrected chi connectivity index (χ2v) is 5.95. The van der Waals surface area contributed by atoms with E-state index in [9.17, 15) is 0 Å². The summed E-state index contributed by atoms with van der Waals surface area (Å²) in [5.41, 5.74) is 1.96. The monoisotopic (exact) mass is 265 g/mol. The maximum Gasteiger partial charge on any atom is 0.0178 e. The Hall–Kier alpha value is -0.340. The lowest BCUT2D eigenvalue weighted by molar-refractivity contribution is 0.327. The van der Waals surface area contributed by atoms with Crippen LogP contribution in [0.4, 0.5) is 0 Å². The van der Waals surface area contributed by atoms with Crippen LogP contribution < -0.4 is 5.32 Å². The minimum atomic E-state index is 0.437. The summed E-state index contributed by atoms with van der Waals surface area (Å²) in [6.45, 7) is 2.40. The number of nitrogens with one attached hydrogen (secondary N) is 1. The Labute approximate surface area is 99.4 Å². The summed E-state index contributed by atoms with van der Waals surface area (Å²) >= 11 is 3.58. The molecule has 15 heavy (non-hydrogen) atoms. The zero-order valence-corrected chi connectivity index (χ0v) is 10.4. The van der Waals surface area contributed by atoms with Crippen molar-refractivity contribution in [3.8, 4) is 0 Å². The average molecular weight is 266 g/mol. The molecule has 1 saturated heterocycles. The van der Waals surface area contributed by atoms with Crippen molar-refractivity contribution in [1.82, 2.24) is 5.32 Å². The zero-order valence-electron chi connectivity index (χ0n) is 8.80. The van der Waals surface area contributed by atoms with Gasteiger partial charge in [0.1, 0.15) is 0 Å². The number of rotatable bonds is 1. The maximum absolute atomic E-state index is 3.59. The van der Waals surface area contributed by atoms with Crippen molar-refractivity contribution in [1.29, 1.82) is 0 Å². The SMILES string of the molecule is Brc1cccc([C@@]23CC[C@@H](CNC2)C3)c1. The first-order valence-electron chi connectivity index (χ1n) is 5.75. The van der Waals surface area contributed by atoms with Crippen molar-refractivity contribution in [3.63, 3.8) is 0 Å². The molecular formula is C13H16BrN. The molecule has 1 saturated carbocycles. The van der Waals surface area contributed by atoms with Crippen LogP contribution in [-0.2, 0) is 5.41 Å². The molecule has 1 aliphatic heterocycles. The molecule has 3 rings (SSSR count). The van der Waals surface area contributed by atoms with Gasteiger partial charge in [-0.25, -0.2) is 0 Å². The highest BCUT2D eigenvalue weighted by molar-refractivity contribution is 9.10. The van der Waals surface area contributed by atoms with E-state index in [4.69, 9.17) is 0 Å². The van der Waals surface area contributed by atoms with E-state index in [0.717, 1.165) is 5.92 Å². The first-order chi connectivity index (χ1) is 7.28. The van der Waals surface area contributed by atoms with Gasteiger partial charge in [-0.3, -0.25) is 0 Å². The van der Waals surface area contributed by atoms with Gasteiger partial charge in [0.05, 0.1) is 0 Å². The summed E-state index contributed by atoms with van der Waals surface area (Å²) in [5, 5.41) is 3.59.